The van der Waals surface area contributed by atoms with E-state index in [9.17, 15) is 0 Å². The van der Waals surface area contributed by atoms with Crippen LogP contribution in [0.15, 0.2) is 16.7 Å². The molecule has 0 aromatic carbocycles. The Morgan fingerprint density at radius 1 is 1.41 bits per heavy atom. The molecule has 0 saturated carbocycles. The van der Waals surface area contributed by atoms with Gasteiger partial charge in [-0.1, -0.05) is 5.10 Å². The summed E-state index contributed by atoms with van der Waals surface area (Å²) < 4.78 is 5.31. The lowest BCUT2D eigenvalue weighted by atomic mass is 10.4. The summed E-state index contributed by atoms with van der Waals surface area (Å²) in [4.78, 5) is 8.27. The number of aryl methyl sites for hydroxylation is 2. The van der Waals surface area contributed by atoms with Crippen molar-refractivity contribution in [3.05, 3.63) is 29.7 Å². The molecule has 0 spiro atoms. The largest absolute Gasteiger partial charge is 0.408 e. The van der Waals surface area contributed by atoms with E-state index in [2.05, 4.69) is 25.5 Å². The standard InChI is InChI=1S/C10H12ClN5O/c1-7-12-5-3-8(14-7)6-13-10-16-15-9(17-10)2-4-11/h3,5H,2,4,6H2,1H3,(H,13,16). The number of alkyl halides is 1. The van der Waals surface area contributed by atoms with Crippen molar-refractivity contribution < 1.29 is 4.42 Å². The molecule has 2 heterocycles. The average Bonchev–Trinajstić information content (AvgIpc) is 2.75. The maximum atomic E-state index is 5.57. The third kappa shape index (κ3) is 3.39. The summed E-state index contributed by atoms with van der Waals surface area (Å²) in [6, 6.07) is 2.21. The number of anilines is 1. The smallest absolute Gasteiger partial charge is 0.315 e. The van der Waals surface area contributed by atoms with Crippen LogP contribution in [-0.4, -0.2) is 26.0 Å². The molecule has 6 nitrogen and oxygen atoms in total. The molecule has 0 aliphatic rings. The zero-order valence-corrected chi connectivity index (χ0v) is 10.1. The van der Waals surface area contributed by atoms with E-state index in [1.165, 1.54) is 0 Å². The van der Waals surface area contributed by atoms with Crippen LogP contribution in [-0.2, 0) is 13.0 Å². The highest BCUT2D eigenvalue weighted by Gasteiger charge is 2.05. The second-order valence-electron chi connectivity index (χ2n) is 3.39. The number of aromatic nitrogens is 4. The van der Waals surface area contributed by atoms with Gasteiger partial charge in [0.1, 0.15) is 5.82 Å². The third-order valence-electron chi connectivity index (χ3n) is 2.03. The highest BCUT2D eigenvalue weighted by atomic mass is 35.5. The SMILES string of the molecule is Cc1nccc(CNc2nnc(CCCl)o2)n1. The molecule has 17 heavy (non-hydrogen) atoms. The first-order chi connectivity index (χ1) is 8.28. The van der Waals surface area contributed by atoms with Gasteiger partial charge < -0.3 is 9.73 Å². The Balaban J connectivity index is 1.93. The zero-order valence-electron chi connectivity index (χ0n) is 9.35. The fourth-order valence-electron chi connectivity index (χ4n) is 1.28. The molecule has 0 radical (unpaired) electrons. The van der Waals surface area contributed by atoms with E-state index in [1.807, 2.05) is 13.0 Å². The summed E-state index contributed by atoms with van der Waals surface area (Å²) in [5.41, 5.74) is 0.870. The molecule has 2 rings (SSSR count). The van der Waals surface area contributed by atoms with Crippen LogP contribution in [0.5, 0.6) is 0 Å². The summed E-state index contributed by atoms with van der Waals surface area (Å²) in [5.74, 6) is 1.73. The number of hydrogen-bond donors (Lipinski definition) is 1. The lowest BCUT2D eigenvalue weighted by Crippen LogP contribution is -2.03. The fourth-order valence-corrected chi connectivity index (χ4v) is 1.44. The molecule has 1 N–H and O–H groups in total. The fraction of sp³-hybridized carbons (Fsp3) is 0.400. The number of halogens is 1. The van der Waals surface area contributed by atoms with Gasteiger partial charge in [-0.15, -0.1) is 16.7 Å². The average molecular weight is 254 g/mol. The molecule has 0 aliphatic heterocycles. The van der Waals surface area contributed by atoms with Crippen molar-refractivity contribution in [2.45, 2.75) is 19.9 Å². The quantitative estimate of drug-likeness (QED) is 0.815. The van der Waals surface area contributed by atoms with E-state index >= 15 is 0 Å². The first kappa shape index (κ1) is 11.8. The molecule has 0 amide bonds. The van der Waals surface area contributed by atoms with Crippen molar-refractivity contribution in [2.75, 3.05) is 11.2 Å². The van der Waals surface area contributed by atoms with Crippen LogP contribution in [0.1, 0.15) is 17.4 Å². The van der Waals surface area contributed by atoms with Crippen LogP contribution in [0.25, 0.3) is 0 Å². The monoisotopic (exact) mass is 253 g/mol. The van der Waals surface area contributed by atoms with E-state index in [-0.39, 0.29) is 0 Å². The van der Waals surface area contributed by atoms with Gasteiger partial charge >= 0.3 is 6.01 Å². The lowest BCUT2D eigenvalue weighted by Gasteiger charge is -2.00. The topological polar surface area (TPSA) is 76.7 Å². The maximum Gasteiger partial charge on any atom is 0.315 e. The Labute approximate surface area is 103 Å². The predicted octanol–water partition coefficient (Wildman–Crippen LogP) is 1.56. The Hall–Kier alpha value is -1.69. The molecule has 0 atom stereocenters. The molecule has 0 fully saturated rings. The zero-order chi connectivity index (χ0) is 12.1. The Morgan fingerprint density at radius 2 is 2.29 bits per heavy atom. The van der Waals surface area contributed by atoms with Gasteiger partial charge in [-0.05, 0) is 13.0 Å². The molecule has 2 aromatic rings. The van der Waals surface area contributed by atoms with Crippen molar-refractivity contribution in [1.29, 1.82) is 0 Å². The molecule has 0 unspecified atom stereocenters. The number of hydrogen-bond acceptors (Lipinski definition) is 6. The van der Waals surface area contributed by atoms with Gasteiger partial charge in [0.2, 0.25) is 5.89 Å². The van der Waals surface area contributed by atoms with E-state index in [1.54, 1.807) is 6.20 Å². The minimum Gasteiger partial charge on any atom is -0.408 e. The summed E-state index contributed by atoms with van der Waals surface area (Å²) in [6.07, 6.45) is 2.29. The van der Waals surface area contributed by atoms with E-state index in [4.69, 9.17) is 16.0 Å². The van der Waals surface area contributed by atoms with Crippen LogP contribution in [0.2, 0.25) is 0 Å². The van der Waals surface area contributed by atoms with Gasteiger partial charge in [0, 0.05) is 18.5 Å². The van der Waals surface area contributed by atoms with Gasteiger partial charge in [0.25, 0.3) is 0 Å². The van der Waals surface area contributed by atoms with Crippen molar-refractivity contribution in [3.8, 4) is 0 Å². The Bertz CT molecular complexity index is 487. The highest BCUT2D eigenvalue weighted by molar-refractivity contribution is 6.17. The minimum atomic E-state index is 0.376. The summed E-state index contributed by atoms with van der Waals surface area (Å²) in [5, 5.41) is 10.7. The summed E-state index contributed by atoms with van der Waals surface area (Å²) in [6.45, 7) is 2.36. The van der Waals surface area contributed by atoms with Crippen molar-refractivity contribution in [2.24, 2.45) is 0 Å². The number of nitrogens with one attached hydrogen (secondary N) is 1. The minimum absolute atomic E-state index is 0.376. The number of nitrogens with zero attached hydrogens (tertiary/aromatic N) is 4. The Kier molecular flexibility index (Phi) is 3.87. The lowest BCUT2D eigenvalue weighted by molar-refractivity contribution is 0.512. The second-order valence-corrected chi connectivity index (χ2v) is 3.77. The molecule has 7 heteroatoms. The predicted molar refractivity (Wildman–Crippen MR) is 62.8 cm³/mol. The first-order valence-corrected chi connectivity index (χ1v) is 5.72. The molecule has 2 aromatic heterocycles. The van der Waals surface area contributed by atoms with E-state index in [0.717, 1.165) is 11.5 Å². The van der Waals surface area contributed by atoms with Gasteiger partial charge in [-0.3, -0.25) is 0 Å². The van der Waals surface area contributed by atoms with Crippen molar-refractivity contribution in [1.82, 2.24) is 20.2 Å². The van der Waals surface area contributed by atoms with Crippen LogP contribution in [0, 0.1) is 6.92 Å². The van der Waals surface area contributed by atoms with Crippen LogP contribution in [0.3, 0.4) is 0 Å². The molecular formula is C10H12ClN5O. The summed E-state index contributed by atoms with van der Waals surface area (Å²) in [7, 11) is 0. The molecule has 0 bridgehead atoms. The van der Waals surface area contributed by atoms with E-state index < -0.39 is 0 Å². The normalized spacial score (nSPS) is 10.5. The second kappa shape index (κ2) is 5.58. The third-order valence-corrected chi connectivity index (χ3v) is 2.22. The van der Waals surface area contributed by atoms with Crippen LogP contribution < -0.4 is 5.32 Å². The van der Waals surface area contributed by atoms with Crippen molar-refractivity contribution in [3.63, 3.8) is 0 Å². The molecule has 90 valence electrons. The van der Waals surface area contributed by atoms with Crippen molar-refractivity contribution >= 4 is 17.6 Å². The molecule has 0 saturated heterocycles. The number of rotatable bonds is 5. The van der Waals surface area contributed by atoms with Gasteiger partial charge in [0.15, 0.2) is 0 Å². The van der Waals surface area contributed by atoms with Crippen LogP contribution in [0.4, 0.5) is 6.01 Å². The van der Waals surface area contributed by atoms with Gasteiger partial charge in [-0.2, -0.15) is 0 Å². The highest BCUT2D eigenvalue weighted by Crippen LogP contribution is 2.07. The molecule has 0 aliphatic carbocycles. The maximum absolute atomic E-state index is 5.57. The Morgan fingerprint density at radius 3 is 3.06 bits per heavy atom. The van der Waals surface area contributed by atoms with Gasteiger partial charge in [0.05, 0.1) is 12.2 Å². The van der Waals surface area contributed by atoms with E-state index in [0.29, 0.717) is 30.8 Å². The first-order valence-electron chi connectivity index (χ1n) is 5.18. The molecular weight excluding hydrogens is 242 g/mol. The summed E-state index contributed by atoms with van der Waals surface area (Å²) >= 11 is 5.57. The van der Waals surface area contributed by atoms with Crippen LogP contribution >= 0.6 is 11.6 Å². The van der Waals surface area contributed by atoms with Gasteiger partial charge in [-0.25, -0.2) is 9.97 Å².